The third kappa shape index (κ3) is 14.9. The zero-order chi connectivity index (χ0) is 14.2. The summed E-state index contributed by atoms with van der Waals surface area (Å²) in [5.74, 6) is -0.144. The molecule has 1 amide bonds. The molecule has 0 aliphatic rings. The molecule has 0 aromatic carbocycles. The van der Waals surface area contributed by atoms with Crippen LogP contribution in [0.1, 0.15) is 84.0 Å². The van der Waals surface area contributed by atoms with Crippen LogP contribution < -0.4 is 5.32 Å². The number of hydrogen-bond acceptors (Lipinski definition) is 2. The van der Waals surface area contributed by atoms with Crippen molar-refractivity contribution < 1.29 is 4.79 Å². The number of nitrogens with zero attached hydrogens (tertiary/aromatic N) is 1. The molecule has 0 unspecified atom stereocenters. The van der Waals surface area contributed by atoms with Crippen LogP contribution >= 0.6 is 0 Å². The summed E-state index contributed by atoms with van der Waals surface area (Å²) < 4.78 is 0. The third-order valence-electron chi connectivity index (χ3n) is 3.34. The summed E-state index contributed by atoms with van der Waals surface area (Å²) in [6, 6.07) is 1.85. The lowest BCUT2D eigenvalue weighted by molar-refractivity contribution is -0.120. The fourth-order valence-corrected chi connectivity index (χ4v) is 2.15. The van der Waals surface area contributed by atoms with E-state index in [1.165, 1.54) is 64.2 Å². The summed E-state index contributed by atoms with van der Waals surface area (Å²) in [6.45, 7) is 2.97. The Kier molecular flexibility index (Phi) is 14.2. The van der Waals surface area contributed by atoms with Crippen LogP contribution in [0.4, 0.5) is 0 Å². The molecule has 0 fully saturated rings. The molecule has 0 aliphatic carbocycles. The van der Waals surface area contributed by atoms with Crippen molar-refractivity contribution in [3.8, 4) is 6.07 Å². The van der Waals surface area contributed by atoms with Gasteiger partial charge in [0.05, 0.1) is 6.07 Å². The van der Waals surface area contributed by atoms with Crippen molar-refractivity contribution in [3.05, 3.63) is 0 Å². The molecule has 0 saturated heterocycles. The number of unbranched alkanes of at least 4 members (excludes halogenated alkanes) is 10. The van der Waals surface area contributed by atoms with Gasteiger partial charge in [0, 0.05) is 6.54 Å². The van der Waals surface area contributed by atoms with Crippen molar-refractivity contribution in [1.29, 1.82) is 5.26 Å². The molecule has 0 aliphatic heterocycles. The smallest absolute Gasteiger partial charge is 0.234 e. The van der Waals surface area contributed by atoms with Crippen LogP contribution in [0.15, 0.2) is 0 Å². The van der Waals surface area contributed by atoms with E-state index in [2.05, 4.69) is 12.2 Å². The van der Waals surface area contributed by atoms with Crippen LogP contribution in [0.5, 0.6) is 0 Å². The number of carbonyl (C=O) groups excluding carboxylic acids is 1. The summed E-state index contributed by atoms with van der Waals surface area (Å²) >= 11 is 0. The first-order valence-electron chi connectivity index (χ1n) is 7.95. The van der Waals surface area contributed by atoms with E-state index in [-0.39, 0.29) is 12.3 Å². The molecule has 3 nitrogen and oxygen atoms in total. The predicted octanol–water partition coefficient (Wildman–Crippen LogP) is 4.33. The van der Waals surface area contributed by atoms with Gasteiger partial charge in [0.1, 0.15) is 6.42 Å². The van der Waals surface area contributed by atoms with Gasteiger partial charge in [0.25, 0.3) is 0 Å². The zero-order valence-electron chi connectivity index (χ0n) is 12.5. The van der Waals surface area contributed by atoms with E-state index in [4.69, 9.17) is 5.26 Å². The highest BCUT2D eigenvalue weighted by Gasteiger charge is 1.98. The molecule has 110 valence electrons. The summed E-state index contributed by atoms with van der Waals surface area (Å²) in [4.78, 5) is 11.0. The molecule has 19 heavy (non-hydrogen) atoms. The van der Waals surface area contributed by atoms with E-state index in [1.807, 2.05) is 6.07 Å². The fraction of sp³-hybridized carbons (Fsp3) is 0.875. The molecule has 0 aromatic heterocycles. The first kappa shape index (κ1) is 18.0. The van der Waals surface area contributed by atoms with Crippen LogP contribution in [0.3, 0.4) is 0 Å². The highest BCUT2D eigenvalue weighted by molar-refractivity contribution is 5.77. The van der Waals surface area contributed by atoms with Crippen LogP contribution in [-0.4, -0.2) is 12.5 Å². The van der Waals surface area contributed by atoms with Gasteiger partial charge in [0.15, 0.2) is 0 Å². The maximum Gasteiger partial charge on any atom is 0.234 e. The molecule has 0 bridgehead atoms. The van der Waals surface area contributed by atoms with E-state index in [9.17, 15) is 4.79 Å². The monoisotopic (exact) mass is 266 g/mol. The first-order chi connectivity index (χ1) is 9.31. The molecule has 0 spiro atoms. The van der Waals surface area contributed by atoms with Gasteiger partial charge in [-0.2, -0.15) is 5.26 Å². The SMILES string of the molecule is CCCCCCCCCCCCCNC(=O)CC#N. The van der Waals surface area contributed by atoms with Crippen molar-refractivity contribution in [1.82, 2.24) is 5.32 Å². The molecule has 0 atom stereocenters. The van der Waals surface area contributed by atoms with Gasteiger partial charge < -0.3 is 5.32 Å². The molecule has 0 rings (SSSR count). The normalized spacial score (nSPS) is 10.1. The number of carbonyl (C=O) groups is 1. The third-order valence-corrected chi connectivity index (χ3v) is 3.34. The van der Waals surface area contributed by atoms with Crippen LogP contribution in [0.25, 0.3) is 0 Å². The fourth-order valence-electron chi connectivity index (χ4n) is 2.15. The Morgan fingerprint density at radius 3 is 1.84 bits per heavy atom. The summed E-state index contributed by atoms with van der Waals surface area (Å²) in [6.07, 6.45) is 14.4. The molecular weight excluding hydrogens is 236 g/mol. The Labute approximate surface area is 118 Å². The number of rotatable bonds is 13. The lowest BCUT2D eigenvalue weighted by Gasteiger charge is -2.03. The van der Waals surface area contributed by atoms with Gasteiger partial charge in [-0.1, -0.05) is 71.1 Å². The molecule has 0 aromatic rings. The average molecular weight is 266 g/mol. The largest absolute Gasteiger partial charge is 0.355 e. The molecular formula is C16H30N2O. The highest BCUT2D eigenvalue weighted by atomic mass is 16.1. The van der Waals surface area contributed by atoms with E-state index >= 15 is 0 Å². The Morgan fingerprint density at radius 2 is 1.37 bits per heavy atom. The lowest BCUT2D eigenvalue weighted by atomic mass is 10.1. The zero-order valence-corrected chi connectivity index (χ0v) is 12.5. The van der Waals surface area contributed by atoms with Crippen LogP contribution in [0, 0.1) is 11.3 Å². The number of nitriles is 1. The summed E-state index contributed by atoms with van der Waals surface area (Å²) in [7, 11) is 0. The quantitative estimate of drug-likeness (QED) is 0.504. The highest BCUT2D eigenvalue weighted by Crippen LogP contribution is 2.10. The topological polar surface area (TPSA) is 52.9 Å². The first-order valence-corrected chi connectivity index (χ1v) is 7.95. The van der Waals surface area contributed by atoms with Crippen molar-refractivity contribution in [3.63, 3.8) is 0 Å². The van der Waals surface area contributed by atoms with Crippen molar-refractivity contribution in [2.24, 2.45) is 0 Å². The second kappa shape index (κ2) is 15.0. The van der Waals surface area contributed by atoms with Crippen LogP contribution in [-0.2, 0) is 4.79 Å². The van der Waals surface area contributed by atoms with E-state index in [0.717, 1.165) is 13.0 Å². The Hall–Kier alpha value is -1.04. The van der Waals surface area contributed by atoms with Gasteiger partial charge in [-0.15, -0.1) is 0 Å². The minimum absolute atomic E-state index is 0.0158. The lowest BCUT2D eigenvalue weighted by Crippen LogP contribution is -2.23. The van der Waals surface area contributed by atoms with Crippen molar-refractivity contribution >= 4 is 5.91 Å². The Bertz CT molecular complexity index is 246. The summed E-state index contributed by atoms with van der Waals surface area (Å²) in [5.41, 5.74) is 0. The van der Waals surface area contributed by atoms with Gasteiger partial charge >= 0.3 is 0 Å². The molecule has 3 heteroatoms. The number of amides is 1. The minimum Gasteiger partial charge on any atom is -0.355 e. The number of nitrogens with one attached hydrogen (secondary N) is 1. The van der Waals surface area contributed by atoms with E-state index in [1.54, 1.807) is 0 Å². The van der Waals surface area contributed by atoms with Crippen LogP contribution in [0.2, 0.25) is 0 Å². The molecule has 0 radical (unpaired) electrons. The minimum atomic E-state index is -0.144. The Morgan fingerprint density at radius 1 is 0.895 bits per heavy atom. The Balaban J connectivity index is 3.03. The number of hydrogen-bond donors (Lipinski definition) is 1. The van der Waals surface area contributed by atoms with Gasteiger partial charge in [-0.05, 0) is 6.42 Å². The maximum atomic E-state index is 11.0. The van der Waals surface area contributed by atoms with Gasteiger partial charge in [-0.3, -0.25) is 4.79 Å². The van der Waals surface area contributed by atoms with E-state index in [0.29, 0.717) is 0 Å². The van der Waals surface area contributed by atoms with Gasteiger partial charge in [-0.25, -0.2) is 0 Å². The maximum absolute atomic E-state index is 11.0. The van der Waals surface area contributed by atoms with Crippen molar-refractivity contribution in [2.45, 2.75) is 84.0 Å². The van der Waals surface area contributed by atoms with E-state index < -0.39 is 0 Å². The molecule has 0 saturated carbocycles. The molecule has 0 heterocycles. The molecule has 1 N–H and O–H groups in total. The standard InChI is InChI=1S/C16H30N2O/c1-2-3-4-5-6-7-8-9-10-11-12-15-18-16(19)13-14-17/h2-13,15H2,1H3,(H,18,19). The second-order valence-electron chi connectivity index (χ2n) is 5.22. The average Bonchev–Trinajstić information content (AvgIpc) is 2.40. The van der Waals surface area contributed by atoms with Crippen molar-refractivity contribution in [2.75, 3.05) is 6.54 Å². The second-order valence-corrected chi connectivity index (χ2v) is 5.22. The summed E-state index contributed by atoms with van der Waals surface area (Å²) in [5, 5.41) is 11.1. The van der Waals surface area contributed by atoms with Gasteiger partial charge in [0.2, 0.25) is 5.91 Å². The predicted molar refractivity (Wildman–Crippen MR) is 79.7 cm³/mol.